The van der Waals surface area contributed by atoms with Gasteiger partial charge in [-0.2, -0.15) is 0 Å². The van der Waals surface area contributed by atoms with Crippen LogP contribution in [-0.4, -0.2) is 8.42 Å². The van der Waals surface area contributed by atoms with Crippen molar-refractivity contribution in [2.75, 3.05) is 0 Å². The van der Waals surface area contributed by atoms with E-state index in [2.05, 4.69) is 4.72 Å². The van der Waals surface area contributed by atoms with E-state index in [1.807, 2.05) is 30.3 Å². The maximum atomic E-state index is 12.0. The fourth-order valence-electron chi connectivity index (χ4n) is 1.98. The van der Waals surface area contributed by atoms with Crippen molar-refractivity contribution in [2.24, 2.45) is 0 Å². The molecule has 0 saturated heterocycles. The fourth-order valence-corrected chi connectivity index (χ4v) is 2.75. The van der Waals surface area contributed by atoms with Crippen molar-refractivity contribution in [1.29, 1.82) is 0 Å². The van der Waals surface area contributed by atoms with E-state index in [0.717, 1.165) is 11.0 Å². The van der Waals surface area contributed by atoms with Gasteiger partial charge in [0.25, 0.3) is 0 Å². The lowest BCUT2D eigenvalue weighted by Gasteiger charge is -2.00. The normalized spacial score (nSPS) is 12.0. The monoisotopic (exact) mass is 329 g/mol. The van der Waals surface area contributed by atoms with Crippen LogP contribution in [0.1, 0.15) is 11.3 Å². The molecule has 1 N–H and O–H groups in total. The second kappa shape index (κ2) is 6.68. The van der Waals surface area contributed by atoms with Gasteiger partial charge in [0.15, 0.2) is 11.5 Å². The van der Waals surface area contributed by atoms with Crippen molar-refractivity contribution < 1.29 is 17.3 Å². The van der Waals surface area contributed by atoms with Crippen LogP contribution in [0.15, 0.2) is 75.1 Å². The van der Waals surface area contributed by atoms with Crippen molar-refractivity contribution >= 4 is 16.1 Å². The molecule has 118 valence electrons. The Kier molecular flexibility index (Phi) is 4.45. The Morgan fingerprint density at radius 2 is 1.78 bits per heavy atom. The van der Waals surface area contributed by atoms with Crippen LogP contribution in [0.3, 0.4) is 0 Å². The average Bonchev–Trinajstić information content (AvgIpc) is 3.23. The third-order valence-corrected chi connectivity index (χ3v) is 4.15. The highest BCUT2D eigenvalue weighted by molar-refractivity contribution is 7.92. The highest BCUT2D eigenvalue weighted by Gasteiger charge is 2.10. The first-order chi connectivity index (χ1) is 11.1. The van der Waals surface area contributed by atoms with Crippen LogP contribution in [0.5, 0.6) is 0 Å². The quantitative estimate of drug-likeness (QED) is 0.749. The van der Waals surface area contributed by atoms with Crippen LogP contribution in [0.4, 0.5) is 0 Å². The first kappa shape index (κ1) is 15.3. The summed E-state index contributed by atoms with van der Waals surface area (Å²) in [5.41, 5.74) is 0.816. The lowest BCUT2D eigenvalue weighted by Crippen LogP contribution is -2.20. The molecule has 2 heterocycles. The fraction of sp³-hybridized carbons (Fsp3) is 0.0588. The number of furan rings is 2. The third kappa shape index (κ3) is 4.21. The second-order valence-electron chi connectivity index (χ2n) is 4.82. The summed E-state index contributed by atoms with van der Waals surface area (Å²) in [6, 6.07) is 16.2. The van der Waals surface area contributed by atoms with Crippen LogP contribution in [-0.2, 0) is 16.6 Å². The van der Waals surface area contributed by atoms with Crippen molar-refractivity contribution in [2.45, 2.75) is 6.54 Å². The molecule has 3 rings (SSSR count). The molecular formula is C17H15NO4S. The summed E-state index contributed by atoms with van der Waals surface area (Å²) in [5.74, 6) is 1.67. The van der Waals surface area contributed by atoms with Gasteiger partial charge < -0.3 is 8.83 Å². The maximum absolute atomic E-state index is 12.0. The summed E-state index contributed by atoms with van der Waals surface area (Å²) in [4.78, 5) is 0. The molecule has 0 bridgehead atoms. The zero-order valence-electron chi connectivity index (χ0n) is 12.2. The van der Waals surface area contributed by atoms with Crippen molar-refractivity contribution in [3.8, 4) is 11.5 Å². The molecular weight excluding hydrogens is 314 g/mol. The van der Waals surface area contributed by atoms with Crippen molar-refractivity contribution in [3.05, 3.63) is 77.6 Å². The molecule has 0 fully saturated rings. The van der Waals surface area contributed by atoms with Crippen LogP contribution < -0.4 is 4.72 Å². The smallest absolute Gasteiger partial charge is 0.234 e. The van der Waals surface area contributed by atoms with Crippen LogP contribution in [0.2, 0.25) is 0 Å². The highest BCUT2D eigenvalue weighted by atomic mass is 32.2. The average molecular weight is 329 g/mol. The lowest BCUT2D eigenvalue weighted by molar-refractivity contribution is 0.486. The van der Waals surface area contributed by atoms with E-state index in [9.17, 15) is 8.42 Å². The first-order valence-corrected chi connectivity index (χ1v) is 8.52. The molecule has 0 atom stereocenters. The van der Waals surface area contributed by atoms with E-state index in [-0.39, 0.29) is 6.54 Å². The summed E-state index contributed by atoms with van der Waals surface area (Å²) in [7, 11) is -3.54. The van der Waals surface area contributed by atoms with Gasteiger partial charge in [0.05, 0.1) is 12.8 Å². The minimum Gasteiger partial charge on any atom is -0.461 e. The van der Waals surface area contributed by atoms with Gasteiger partial charge in [0.1, 0.15) is 5.76 Å². The Hall–Kier alpha value is -2.57. The van der Waals surface area contributed by atoms with E-state index < -0.39 is 10.0 Å². The SMILES string of the molecule is O=S(=O)(/C=C/c1ccccc1)NCc1ccc(-c2ccco2)o1. The maximum Gasteiger partial charge on any atom is 0.234 e. The molecule has 2 aromatic heterocycles. The Balaban J connectivity index is 1.62. The van der Waals surface area contributed by atoms with E-state index in [1.54, 1.807) is 36.6 Å². The molecule has 3 aromatic rings. The minimum atomic E-state index is -3.54. The molecule has 0 spiro atoms. The molecule has 23 heavy (non-hydrogen) atoms. The van der Waals surface area contributed by atoms with Crippen molar-refractivity contribution in [3.63, 3.8) is 0 Å². The van der Waals surface area contributed by atoms with Gasteiger partial charge in [0, 0.05) is 5.41 Å². The molecule has 0 aliphatic carbocycles. The molecule has 0 unspecified atom stereocenters. The Morgan fingerprint density at radius 1 is 0.957 bits per heavy atom. The van der Waals surface area contributed by atoms with E-state index in [1.165, 1.54) is 0 Å². The largest absolute Gasteiger partial charge is 0.461 e. The van der Waals surface area contributed by atoms with Crippen LogP contribution in [0, 0.1) is 0 Å². The number of rotatable bonds is 6. The van der Waals surface area contributed by atoms with E-state index in [4.69, 9.17) is 8.83 Å². The Morgan fingerprint density at radius 3 is 2.52 bits per heavy atom. The predicted molar refractivity (Wildman–Crippen MR) is 87.6 cm³/mol. The predicted octanol–water partition coefficient (Wildman–Crippen LogP) is 3.63. The van der Waals surface area contributed by atoms with Gasteiger partial charge >= 0.3 is 0 Å². The van der Waals surface area contributed by atoms with E-state index >= 15 is 0 Å². The molecule has 6 heteroatoms. The summed E-state index contributed by atoms with van der Waals surface area (Å²) >= 11 is 0. The molecule has 1 aromatic carbocycles. The van der Waals surface area contributed by atoms with E-state index in [0.29, 0.717) is 17.3 Å². The third-order valence-electron chi connectivity index (χ3n) is 3.11. The van der Waals surface area contributed by atoms with Gasteiger partial charge in [-0.05, 0) is 35.9 Å². The molecule has 0 amide bonds. The zero-order chi connectivity index (χ0) is 16.1. The first-order valence-electron chi connectivity index (χ1n) is 6.98. The van der Waals surface area contributed by atoms with Gasteiger partial charge in [-0.3, -0.25) is 0 Å². The second-order valence-corrected chi connectivity index (χ2v) is 6.47. The molecule has 0 radical (unpaired) electrons. The number of sulfonamides is 1. The minimum absolute atomic E-state index is 0.0716. The number of hydrogen-bond acceptors (Lipinski definition) is 4. The number of hydrogen-bond donors (Lipinski definition) is 1. The Labute approximate surface area is 134 Å². The summed E-state index contributed by atoms with van der Waals surface area (Å²) < 4.78 is 37.1. The highest BCUT2D eigenvalue weighted by Crippen LogP contribution is 2.22. The van der Waals surface area contributed by atoms with Gasteiger partial charge in [0.2, 0.25) is 10.0 Å². The lowest BCUT2D eigenvalue weighted by atomic mass is 10.2. The summed E-state index contributed by atoms with van der Waals surface area (Å²) in [5, 5.41) is 1.14. The summed E-state index contributed by atoms with van der Waals surface area (Å²) in [6.45, 7) is 0.0716. The van der Waals surface area contributed by atoms with Gasteiger partial charge in [-0.1, -0.05) is 30.3 Å². The van der Waals surface area contributed by atoms with Gasteiger partial charge in [-0.15, -0.1) is 0 Å². The topological polar surface area (TPSA) is 72.5 Å². The summed E-state index contributed by atoms with van der Waals surface area (Å²) in [6.07, 6.45) is 3.09. The van der Waals surface area contributed by atoms with Crippen molar-refractivity contribution in [1.82, 2.24) is 4.72 Å². The Bertz CT molecular complexity index is 878. The number of nitrogens with one attached hydrogen (secondary N) is 1. The standard InChI is InChI=1S/C17H15NO4S/c19-23(20,12-10-14-5-2-1-3-6-14)18-13-15-8-9-17(22-15)16-7-4-11-21-16/h1-12,18H,13H2/b12-10+. The van der Waals surface area contributed by atoms with Gasteiger partial charge in [-0.25, -0.2) is 13.1 Å². The number of benzene rings is 1. The molecule has 0 saturated carbocycles. The molecule has 5 nitrogen and oxygen atoms in total. The zero-order valence-corrected chi connectivity index (χ0v) is 13.0. The molecule has 0 aliphatic heterocycles. The molecule has 0 aliphatic rings. The van der Waals surface area contributed by atoms with Crippen LogP contribution in [0.25, 0.3) is 17.6 Å². The van der Waals surface area contributed by atoms with Crippen LogP contribution >= 0.6 is 0 Å².